The van der Waals surface area contributed by atoms with Crippen LogP contribution < -0.4 is 0 Å². The van der Waals surface area contributed by atoms with Crippen LogP contribution in [0.3, 0.4) is 0 Å². The monoisotopic (exact) mass is 731 g/mol. The van der Waals surface area contributed by atoms with Crippen molar-refractivity contribution in [2.45, 2.75) is 34.2 Å². The van der Waals surface area contributed by atoms with E-state index in [-0.39, 0.29) is 7.25 Å². The number of allylic oxidation sites excluding steroid dienone is 2. The van der Waals surface area contributed by atoms with E-state index >= 15 is 0 Å². The first-order chi connectivity index (χ1) is 22.1. The average Bonchev–Trinajstić information content (AvgIpc) is 3.59. The molecule has 4 aromatic carbocycles. The fourth-order valence-corrected chi connectivity index (χ4v) is 41.3. The van der Waals surface area contributed by atoms with Crippen molar-refractivity contribution in [2.24, 2.45) is 0 Å². The summed E-state index contributed by atoms with van der Waals surface area (Å²) < 4.78 is 0.0769. The molecule has 8 rings (SSSR count). The first kappa shape index (κ1) is 30.2. The molecule has 0 N–H and O–H groups in total. The Balaban J connectivity index is 1.30. The van der Waals surface area contributed by atoms with Crippen LogP contribution in [0.15, 0.2) is 121 Å². The number of nitrogens with zero attached hydrogens (tertiary/aromatic N) is 2. The van der Waals surface area contributed by atoms with Crippen molar-refractivity contribution >= 4 is 56.9 Å². The number of halogens is 2. The number of hydrogen-bond acceptors (Lipinski definition) is 2. The van der Waals surface area contributed by atoms with Crippen molar-refractivity contribution in [2.75, 3.05) is 0 Å². The van der Waals surface area contributed by atoms with Crippen LogP contribution in [0.4, 0.5) is 0 Å². The number of para-hydroxylation sites is 2. The summed E-state index contributed by atoms with van der Waals surface area (Å²) in [7, 11) is 17.0. The van der Waals surface area contributed by atoms with Crippen LogP contribution in [-0.4, -0.2) is 15.9 Å². The maximum absolute atomic E-state index is 8.50. The Hall–Kier alpha value is -3.14. The molecule has 0 radical (unpaired) electrons. The van der Waals surface area contributed by atoms with Crippen LogP contribution in [0.1, 0.15) is 43.4 Å². The third-order valence-corrected chi connectivity index (χ3v) is 62.8. The van der Waals surface area contributed by atoms with Gasteiger partial charge < -0.3 is 0 Å². The van der Waals surface area contributed by atoms with E-state index in [9.17, 15) is 0 Å². The summed E-state index contributed by atoms with van der Waals surface area (Å²) in [6, 6.07) is 34.8. The van der Waals surface area contributed by atoms with Gasteiger partial charge in [0.15, 0.2) is 0 Å². The Morgan fingerprint density at radius 1 is 0.587 bits per heavy atom. The normalized spacial score (nSPS) is 18.3. The molecule has 0 bridgehead atoms. The van der Waals surface area contributed by atoms with E-state index < -0.39 is 21.5 Å². The summed E-state index contributed by atoms with van der Waals surface area (Å²) in [5.41, 5.74) is 14.3. The Morgan fingerprint density at radius 3 is 1.46 bits per heavy atom. The molecule has 0 aliphatic heterocycles. The zero-order valence-corrected chi connectivity index (χ0v) is 31.6. The van der Waals surface area contributed by atoms with Gasteiger partial charge in [-0.1, -0.05) is 0 Å². The van der Waals surface area contributed by atoms with Crippen LogP contribution in [-0.2, 0) is 15.6 Å². The predicted molar refractivity (Wildman–Crippen MR) is 198 cm³/mol. The minimum atomic E-state index is -4.81. The second kappa shape index (κ2) is 11.0. The van der Waals surface area contributed by atoms with E-state index in [2.05, 4.69) is 124 Å². The Kier molecular flexibility index (Phi) is 7.20. The van der Waals surface area contributed by atoms with Gasteiger partial charge in [0, 0.05) is 0 Å². The van der Waals surface area contributed by atoms with Gasteiger partial charge in [0.1, 0.15) is 0 Å². The molecule has 227 valence electrons. The molecule has 0 amide bonds. The van der Waals surface area contributed by atoms with Crippen LogP contribution >= 0.6 is 17.0 Å². The predicted octanol–water partition coefficient (Wildman–Crippen LogP) is 11.7. The summed E-state index contributed by atoms with van der Waals surface area (Å²) in [6.07, 6.45) is 8.43. The molecule has 2 aliphatic carbocycles. The van der Waals surface area contributed by atoms with E-state index in [4.69, 9.17) is 27.0 Å². The van der Waals surface area contributed by atoms with Crippen molar-refractivity contribution in [3.63, 3.8) is 0 Å². The van der Waals surface area contributed by atoms with E-state index in [1.165, 1.54) is 33.4 Å². The Bertz CT molecular complexity index is 2120. The summed E-state index contributed by atoms with van der Waals surface area (Å²) in [6.45, 7) is 9.31. The van der Waals surface area contributed by atoms with E-state index in [1.807, 2.05) is 24.5 Å². The van der Waals surface area contributed by atoms with Gasteiger partial charge in [0.2, 0.25) is 0 Å². The maximum atomic E-state index is 8.50. The topological polar surface area (TPSA) is 25.8 Å². The fourth-order valence-electron chi connectivity index (χ4n) is 8.37. The molecule has 2 aliphatic rings. The number of aromatic nitrogens is 2. The summed E-state index contributed by atoms with van der Waals surface area (Å²) in [5, 5.41) is 2.28. The summed E-state index contributed by atoms with van der Waals surface area (Å²) in [4.78, 5) is 9.54. The van der Waals surface area contributed by atoms with Crippen molar-refractivity contribution < 1.29 is 15.6 Å². The molecule has 2 aromatic heterocycles. The van der Waals surface area contributed by atoms with E-state index in [0.29, 0.717) is 0 Å². The van der Waals surface area contributed by atoms with Gasteiger partial charge in [-0.2, -0.15) is 0 Å². The molecule has 2 unspecified atom stereocenters. The molecule has 0 spiro atoms. The molecule has 0 fully saturated rings. The zero-order chi connectivity index (χ0) is 31.8. The standard InChI is InChI=1S/2C19H14N.C2H7Si.2ClH.Zr/c2*1-13-10-15-7-8-16(12-17(15)11-13)18-6-2-4-14-5-3-9-20-19(14)18;1-3-2;;;/h2*2-12H,1H3;3H,1-2H3;2*1H;/q;;;;;+2/p-2. The number of pyridine rings is 2. The third kappa shape index (κ3) is 4.44. The van der Waals surface area contributed by atoms with Crippen molar-refractivity contribution in [3.8, 4) is 22.3 Å². The number of rotatable bonds is 5. The van der Waals surface area contributed by atoms with Crippen molar-refractivity contribution in [1.82, 2.24) is 9.97 Å². The number of benzene rings is 4. The van der Waals surface area contributed by atoms with Crippen molar-refractivity contribution in [3.05, 3.63) is 143 Å². The molecule has 2 heterocycles. The number of fused-ring (bicyclic) bond motifs is 4. The second-order valence-corrected chi connectivity index (χ2v) is 56.0. The van der Waals surface area contributed by atoms with Gasteiger partial charge in [0.25, 0.3) is 0 Å². The van der Waals surface area contributed by atoms with Gasteiger partial charge >= 0.3 is 282 Å². The van der Waals surface area contributed by atoms with Gasteiger partial charge in [-0.15, -0.1) is 0 Å². The Labute approximate surface area is 279 Å². The summed E-state index contributed by atoms with van der Waals surface area (Å²) in [5.74, 6) is -1.64. The minimum absolute atomic E-state index is 0.0384. The van der Waals surface area contributed by atoms with E-state index in [0.717, 1.165) is 44.1 Å². The third-order valence-electron chi connectivity index (χ3n) is 10.6. The van der Waals surface area contributed by atoms with Gasteiger partial charge in [-0.25, -0.2) is 0 Å². The molecular weight excluding hydrogens is 699 g/mol. The van der Waals surface area contributed by atoms with Gasteiger partial charge in [-0.3, -0.25) is 0 Å². The molecular formula is C40H35Cl2N2SiZr. The molecule has 0 saturated carbocycles. The first-order valence-corrected chi connectivity index (χ1v) is 32.4. The molecule has 46 heavy (non-hydrogen) atoms. The van der Waals surface area contributed by atoms with Gasteiger partial charge in [0.05, 0.1) is 0 Å². The Morgan fingerprint density at radius 2 is 1.02 bits per heavy atom. The molecule has 2 nitrogen and oxygen atoms in total. The molecule has 6 heteroatoms. The fraction of sp³-hybridized carbons (Fsp3) is 0.150. The quantitative estimate of drug-likeness (QED) is 0.165. The van der Waals surface area contributed by atoms with Crippen LogP contribution in [0.25, 0.3) is 56.2 Å². The summed E-state index contributed by atoms with van der Waals surface area (Å²) >= 11 is -4.81. The van der Waals surface area contributed by atoms with Crippen molar-refractivity contribution in [1.29, 1.82) is 0 Å². The van der Waals surface area contributed by atoms with Gasteiger partial charge in [-0.05, 0) is 0 Å². The zero-order valence-electron chi connectivity index (χ0n) is 26.4. The van der Waals surface area contributed by atoms with Crippen LogP contribution in [0, 0.1) is 0 Å². The average molecular weight is 734 g/mol. The van der Waals surface area contributed by atoms with Crippen LogP contribution in [0.2, 0.25) is 13.1 Å². The molecule has 2 atom stereocenters. The molecule has 0 saturated heterocycles. The molecule has 6 aromatic rings. The number of hydrogen-bond donors (Lipinski definition) is 0. The van der Waals surface area contributed by atoms with Crippen LogP contribution in [0.5, 0.6) is 0 Å². The SMILES string of the molecule is CC1=Cc2ccc(-c3cccc4cccnc34)cc2[CH]1[Zr]([Cl])([Cl])([CH]1C(C)=Cc2ccc(-c3cccc4cccnc34)cc21)[SiH](C)C. The first-order valence-electron chi connectivity index (χ1n) is 16.0. The van der Waals surface area contributed by atoms with E-state index in [1.54, 1.807) is 0 Å². The second-order valence-electron chi connectivity index (χ2n) is 13.5.